The fourth-order valence-corrected chi connectivity index (χ4v) is 1.22. The molecule has 0 spiro atoms. The highest BCUT2D eigenvalue weighted by Gasteiger charge is 2.41. The number of aliphatic hydroxyl groups is 1. The third-order valence-electron chi connectivity index (χ3n) is 1.88. The molecule has 1 aliphatic rings. The summed E-state index contributed by atoms with van der Waals surface area (Å²) in [7, 11) is 3.09. The van der Waals surface area contributed by atoms with Crippen LogP contribution in [0.25, 0.3) is 0 Å². The van der Waals surface area contributed by atoms with Gasteiger partial charge in [-0.3, -0.25) is 0 Å². The molecule has 0 bridgehead atoms. The summed E-state index contributed by atoms with van der Waals surface area (Å²) in [5, 5.41) is 9.18. The Labute approximate surface area is 65.9 Å². The van der Waals surface area contributed by atoms with Gasteiger partial charge in [-0.2, -0.15) is 0 Å². The first-order valence-electron chi connectivity index (χ1n) is 3.63. The minimum absolute atomic E-state index is 0.242. The summed E-state index contributed by atoms with van der Waals surface area (Å²) in [6, 6.07) is -0.523. The van der Waals surface area contributed by atoms with Gasteiger partial charge >= 0.3 is 0 Å². The van der Waals surface area contributed by atoms with E-state index in [1.165, 1.54) is 7.11 Å². The molecule has 0 aromatic rings. The van der Waals surface area contributed by atoms with Crippen LogP contribution in [0.3, 0.4) is 0 Å². The molecule has 3 nitrogen and oxygen atoms in total. The molecule has 1 heterocycles. The molecule has 0 amide bonds. The lowest BCUT2D eigenvalue weighted by Gasteiger charge is -2.11. The van der Waals surface area contributed by atoms with Crippen LogP contribution in [0.15, 0.2) is 0 Å². The van der Waals surface area contributed by atoms with Crippen LogP contribution < -0.4 is 0 Å². The molecular weight excluding hydrogens is 150 g/mol. The Morgan fingerprint density at radius 3 is 2.73 bits per heavy atom. The maximum atomic E-state index is 12.9. The monoisotopic (exact) mass is 162 g/mol. The van der Waals surface area contributed by atoms with E-state index >= 15 is 0 Å². The Bertz CT molecular complexity index is 135. The van der Waals surface area contributed by atoms with Crippen molar-refractivity contribution < 1.29 is 19.0 Å². The normalized spacial score (nSPS) is 44.6. The van der Waals surface area contributed by atoms with E-state index in [-0.39, 0.29) is 6.61 Å². The van der Waals surface area contributed by atoms with Gasteiger partial charge in [-0.1, -0.05) is 0 Å². The second-order valence-corrected chi connectivity index (χ2v) is 2.77. The highest BCUT2D eigenvalue weighted by Crippen LogP contribution is 2.21. The Morgan fingerprint density at radius 2 is 2.36 bits per heavy atom. The molecule has 0 aliphatic carbocycles. The second kappa shape index (κ2) is 3.52. The lowest BCUT2D eigenvalue weighted by atomic mass is 9.94. The number of hydrogen-bond acceptors (Lipinski definition) is 3. The zero-order valence-corrected chi connectivity index (χ0v) is 6.66. The quantitative estimate of drug-likeness (QED) is 0.512. The number of alkyl halides is 1. The maximum Gasteiger partial charge on any atom is 0.147 e. The van der Waals surface area contributed by atoms with E-state index in [0.717, 1.165) is 0 Å². The summed E-state index contributed by atoms with van der Waals surface area (Å²) in [4.78, 5) is 0. The van der Waals surface area contributed by atoms with Crippen LogP contribution in [-0.4, -0.2) is 51.1 Å². The van der Waals surface area contributed by atoms with Crippen LogP contribution in [0, 0.1) is 0 Å². The molecule has 5 heteroatoms. The van der Waals surface area contributed by atoms with Crippen molar-refractivity contribution in [3.8, 4) is 0 Å². The van der Waals surface area contributed by atoms with Gasteiger partial charge in [-0.25, -0.2) is 4.39 Å². The topological polar surface area (TPSA) is 38.7 Å². The van der Waals surface area contributed by atoms with E-state index in [1.54, 1.807) is 7.85 Å². The van der Waals surface area contributed by atoms with Crippen LogP contribution >= 0.6 is 0 Å². The molecule has 1 saturated heterocycles. The van der Waals surface area contributed by atoms with Crippen LogP contribution in [-0.2, 0) is 9.47 Å². The minimum Gasteiger partial charge on any atom is -0.387 e. The fraction of sp³-hybridized carbons (Fsp3) is 1.00. The number of rotatable bonds is 2. The van der Waals surface area contributed by atoms with Gasteiger partial charge in [0, 0.05) is 7.11 Å². The van der Waals surface area contributed by atoms with Gasteiger partial charge in [0.05, 0.1) is 12.6 Å². The molecular formula is C6H12BFO3. The third kappa shape index (κ3) is 1.72. The Balaban J connectivity index is 2.45. The highest BCUT2D eigenvalue weighted by atomic mass is 19.1. The van der Waals surface area contributed by atoms with E-state index in [9.17, 15) is 9.50 Å². The molecule has 1 fully saturated rings. The number of hydrogen-bond donors (Lipinski definition) is 1. The molecule has 1 N–H and O–H groups in total. The highest BCUT2D eigenvalue weighted by molar-refractivity contribution is 6.11. The molecule has 11 heavy (non-hydrogen) atoms. The van der Waals surface area contributed by atoms with Crippen LogP contribution in [0.5, 0.6) is 0 Å². The molecule has 64 valence electrons. The number of ether oxygens (including phenoxy) is 2. The molecule has 0 aromatic carbocycles. The Morgan fingerprint density at radius 1 is 1.73 bits per heavy atom. The fourth-order valence-electron chi connectivity index (χ4n) is 1.22. The van der Waals surface area contributed by atoms with Crippen molar-refractivity contribution >= 4 is 7.85 Å². The molecule has 4 atom stereocenters. The zero-order valence-electron chi connectivity index (χ0n) is 6.66. The van der Waals surface area contributed by atoms with Gasteiger partial charge in [0.15, 0.2) is 0 Å². The Kier molecular flexibility index (Phi) is 2.87. The molecule has 0 radical (unpaired) electrons. The van der Waals surface area contributed by atoms with Crippen molar-refractivity contribution in [3.63, 3.8) is 0 Å². The first-order chi connectivity index (χ1) is 5.16. The SMILES string of the molecule is B[C@@H]1O[C@H](COC)C(O)C1F. The van der Waals surface area contributed by atoms with E-state index < -0.39 is 24.4 Å². The van der Waals surface area contributed by atoms with Crippen molar-refractivity contribution in [1.29, 1.82) is 0 Å². The maximum absolute atomic E-state index is 12.9. The summed E-state index contributed by atoms with van der Waals surface area (Å²) in [6.45, 7) is 0.242. The van der Waals surface area contributed by atoms with Gasteiger partial charge in [-0.05, 0) is 0 Å². The summed E-state index contributed by atoms with van der Waals surface area (Å²) < 4.78 is 22.7. The van der Waals surface area contributed by atoms with E-state index in [2.05, 4.69) is 0 Å². The zero-order chi connectivity index (χ0) is 8.43. The summed E-state index contributed by atoms with van der Waals surface area (Å²) in [5.41, 5.74) is 0. The van der Waals surface area contributed by atoms with Crippen molar-refractivity contribution in [1.82, 2.24) is 0 Å². The predicted molar refractivity (Wildman–Crippen MR) is 40.0 cm³/mol. The standard InChI is InChI=1S/C6H12BFO3/c1-10-2-3-5(9)4(8)6(7)11-3/h3-6,9H,2,7H2,1H3/t3-,4?,5?,6-/m1/s1. The number of methoxy groups -OCH3 is 1. The van der Waals surface area contributed by atoms with Crippen LogP contribution in [0.1, 0.15) is 0 Å². The van der Waals surface area contributed by atoms with Crippen LogP contribution in [0.4, 0.5) is 4.39 Å². The lowest BCUT2D eigenvalue weighted by Crippen LogP contribution is -2.31. The first-order valence-corrected chi connectivity index (χ1v) is 3.63. The number of halogens is 1. The van der Waals surface area contributed by atoms with Gasteiger partial charge in [0.25, 0.3) is 0 Å². The molecule has 1 aliphatic heterocycles. The smallest absolute Gasteiger partial charge is 0.147 e. The largest absolute Gasteiger partial charge is 0.387 e. The summed E-state index contributed by atoms with van der Waals surface area (Å²) in [6.07, 6.45) is -2.83. The summed E-state index contributed by atoms with van der Waals surface area (Å²) in [5.74, 6) is 0. The van der Waals surface area contributed by atoms with Crippen molar-refractivity contribution in [2.75, 3.05) is 13.7 Å². The third-order valence-corrected chi connectivity index (χ3v) is 1.88. The average Bonchev–Trinajstić information content (AvgIpc) is 2.19. The van der Waals surface area contributed by atoms with Crippen molar-refractivity contribution in [2.24, 2.45) is 0 Å². The van der Waals surface area contributed by atoms with Gasteiger partial charge < -0.3 is 14.6 Å². The Hall–Kier alpha value is -0.125. The van der Waals surface area contributed by atoms with E-state index in [0.29, 0.717) is 0 Å². The second-order valence-electron chi connectivity index (χ2n) is 2.77. The van der Waals surface area contributed by atoms with Gasteiger partial charge in [0.1, 0.15) is 26.2 Å². The predicted octanol–water partition coefficient (Wildman–Crippen LogP) is -1.31. The average molecular weight is 162 g/mol. The van der Waals surface area contributed by atoms with Crippen molar-refractivity contribution in [2.45, 2.75) is 24.4 Å². The molecule has 0 aromatic heterocycles. The molecule has 1 rings (SSSR count). The van der Waals surface area contributed by atoms with Gasteiger partial charge in [-0.15, -0.1) is 0 Å². The first kappa shape index (κ1) is 8.97. The van der Waals surface area contributed by atoms with Gasteiger partial charge in [0.2, 0.25) is 0 Å². The van der Waals surface area contributed by atoms with Crippen LogP contribution in [0.2, 0.25) is 0 Å². The van der Waals surface area contributed by atoms with E-state index in [4.69, 9.17) is 9.47 Å². The molecule has 0 saturated carbocycles. The molecule has 2 unspecified atom stereocenters. The number of aliphatic hydroxyl groups excluding tert-OH is 1. The van der Waals surface area contributed by atoms with E-state index in [1.807, 2.05) is 0 Å². The van der Waals surface area contributed by atoms with Crippen molar-refractivity contribution in [3.05, 3.63) is 0 Å². The lowest BCUT2D eigenvalue weighted by molar-refractivity contribution is -0.0187. The minimum atomic E-state index is -1.28. The summed E-state index contributed by atoms with van der Waals surface area (Å²) >= 11 is 0.